The maximum absolute atomic E-state index is 12.4. The van der Waals surface area contributed by atoms with Crippen LogP contribution in [0.2, 0.25) is 0 Å². The number of fused-ring (bicyclic) bond motifs is 3. The summed E-state index contributed by atoms with van der Waals surface area (Å²) in [4.78, 5) is 12.4. The molecule has 5 nitrogen and oxygen atoms in total. The van der Waals surface area contributed by atoms with Crippen LogP contribution in [0.25, 0.3) is 21.7 Å². The van der Waals surface area contributed by atoms with E-state index in [0.717, 1.165) is 38.8 Å². The van der Waals surface area contributed by atoms with E-state index >= 15 is 0 Å². The van der Waals surface area contributed by atoms with Crippen molar-refractivity contribution in [1.82, 2.24) is 5.32 Å². The monoisotopic (exact) mass is 375 g/mol. The SMILES string of the molecule is COc1ccc(OCCNC(=O)Cc2coc3ccc4ccccc4c23)cc1. The Kier molecular flexibility index (Phi) is 5.15. The minimum Gasteiger partial charge on any atom is -0.497 e. The van der Waals surface area contributed by atoms with Gasteiger partial charge in [0.15, 0.2) is 0 Å². The van der Waals surface area contributed by atoms with E-state index in [0.29, 0.717) is 13.2 Å². The van der Waals surface area contributed by atoms with Crippen molar-refractivity contribution in [2.24, 2.45) is 0 Å². The van der Waals surface area contributed by atoms with Gasteiger partial charge >= 0.3 is 0 Å². The maximum Gasteiger partial charge on any atom is 0.224 e. The number of amides is 1. The van der Waals surface area contributed by atoms with Gasteiger partial charge in [-0.3, -0.25) is 4.79 Å². The third-order valence-electron chi connectivity index (χ3n) is 4.64. The largest absolute Gasteiger partial charge is 0.497 e. The first kappa shape index (κ1) is 17.9. The third-order valence-corrected chi connectivity index (χ3v) is 4.64. The number of hydrogen-bond donors (Lipinski definition) is 1. The number of furan rings is 1. The highest BCUT2D eigenvalue weighted by molar-refractivity contribution is 6.08. The second-order valence-corrected chi connectivity index (χ2v) is 6.47. The number of methoxy groups -OCH3 is 1. The normalized spacial score (nSPS) is 10.9. The van der Waals surface area contributed by atoms with Gasteiger partial charge in [0.05, 0.1) is 26.3 Å². The van der Waals surface area contributed by atoms with Crippen molar-refractivity contribution in [3.8, 4) is 11.5 Å². The molecule has 0 aliphatic rings. The first-order valence-corrected chi connectivity index (χ1v) is 9.16. The number of ether oxygens (including phenoxy) is 2. The summed E-state index contributed by atoms with van der Waals surface area (Å²) in [6, 6.07) is 19.4. The Hall–Kier alpha value is -3.47. The van der Waals surface area contributed by atoms with E-state index < -0.39 is 0 Å². The van der Waals surface area contributed by atoms with Gasteiger partial charge in [0.25, 0.3) is 0 Å². The fourth-order valence-electron chi connectivity index (χ4n) is 3.27. The van der Waals surface area contributed by atoms with E-state index in [2.05, 4.69) is 17.4 Å². The Balaban J connectivity index is 1.35. The molecule has 0 unspecified atom stereocenters. The van der Waals surface area contributed by atoms with Crippen LogP contribution in [0.1, 0.15) is 5.56 Å². The van der Waals surface area contributed by atoms with Gasteiger partial charge in [-0.05, 0) is 41.1 Å². The molecule has 1 N–H and O–H groups in total. The van der Waals surface area contributed by atoms with Crippen molar-refractivity contribution in [1.29, 1.82) is 0 Å². The van der Waals surface area contributed by atoms with E-state index in [-0.39, 0.29) is 12.3 Å². The fourth-order valence-corrected chi connectivity index (χ4v) is 3.27. The molecule has 0 bridgehead atoms. The fraction of sp³-hybridized carbons (Fsp3) is 0.174. The standard InChI is InChI=1S/C23H21NO4/c1-26-18-7-9-19(10-8-18)27-13-12-24-22(25)14-17-15-28-21-11-6-16-4-2-3-5-20(16)23(17)21/h2-11,15H,12-14H2,1H3,(H,24,25). The van der Waals surface area contributed by atoms with E-state index in [1.54, 1.807) is 13.4 Å². The molecule has 0 fully saturated rings. The molecule has 0 aliphatic carbocycles. The molecule has 142 valence electrons. The number of benzene rings is 3. The minimum absolute atomic E-state index is 0.0611. The molecule has 0 radical (unpaired) electrons. The van der Waals surface area contributed by atoms with Crippen LogP contribution >= 0.6 is 0 Å². The lowest BCUT2D eigenvalue weighted by Crippen LogP contribution is -2.29. The molecule has 4 rings (SSSR count). The summed E-state index contributed by atoms with van der Waals surface area (Å²) in [5.41, 5.74) is 1.68. The molecule has 0 saturated heterocycles. The molecule has 28 heavy (non-hydrogen) atoms. The average molecular weight is 375 g/mol. The highest BCUT2D eigenvalue weighted by atomic mass is 16.5. The lowest BCUT2D eigenvalue weighted by molar-refractivity contribution is -0.120. The Morgan fingerprint density at radius 2 is 1.79 bits per heavy atom. The zero-order valence-corrected chi connectivity index (χ0v) is 15.6. The van der Waals surface area contributed by atoms with Gasteiger partial charge in [-0.25, -0.2) is 0 Å². The third kappa shape index (κ3) is 3.78. The maximum atomic E-state index is 12.4. The summed E-state index contributed by atoms with van der Waals surface area (Å²) >= 11 is 0. The second-order valence-electron chi connectivity index (χ2n) is 6.47. The molecule has 0 aliphatic heterocycles. The molecule has 0 spiro atoms. The van der Waals surface area contributed by atoms with Gasteiger partial charge < -0.3 is 19.2 Å². The zero-order valence-electron chi connectivity index (χ0n) is 15.6. The molecule has 0 saturated carbocycles. The van der Waals surface area contributed by atoms with E-state index in [4.69, 9.17) is 13.9 Å². The Morgan fingerprint density at radius 3 is 2.61 bits per heavy atom. The summed E-state index contributed by atoms with van der Waals surface area (Å²) in [7, 11) is 1.62. The summed E-state index contributed by atoms with van der Waals surface area (Å²) in [5, 5.41) is 6.13. The van der Waals surface area contributed by atoms with Gasteiger partial charge in [0.1, 0.15) is 23.7 Å². The van der Waals surface area contributed by atoms with E-state index in [9.17, 15) is 4.79 Å². The van der Waals surface area contributed by atoms with Crippen molar-refractivity contribution in [3.05, 3.63) is 72.5 Å². The van der Waals surface area contributed by atoms with Gasteiger partial charge in [0, 0.05) is 10.9 Å². The second kappa shape index (κ2) is 8.05. The number of carbonyl (C=O) groups is 1. The van der Waals surface area contributed by atoms with Crippen molar-refractivity contribution < 1.29 is 18.7 Å². The molecule has 5 heteroatoms. The lowest BCUT2D eigenvalue weighted by atomic mass is 10.0. The summed E-state index contributed by atoms with van der Waals surface area (Å²) in [5.74, 6) is 1.46. The molecule has 0 atom stereocenters. The predicted molar refractivity (Wildman–Crippen MR) is 109 cm³/mol. The van der Waals surface area contributed by atoms with Gasteiger partial charge in [-0.15, -0.1) is 0 Å². The highest BCUT2D eigenvalue weighted by Crippen LogP contribution is 2.30. The Bertz CT molecular complexity index is 1100. The van der Waals surface area contributed by atoms with Crippen LogP contribution in [0.5, 0.6) is 11.5 Å². The lowest BCUT2D eigenvalue weighted by Gasteiger charge is -2.08. The smallest absolute Gasteiger partial charge is 0.224 e. The number of hydrogen-bond acceptors (Lipinski definition) is 4. The van der Waals surface area contributed by atoms with Crippen LogP contribution in [0.4, 0.5) is 0 Å². The molecule has 1 amide bonds. The molecular formula is C23H21NO4. The van der Waals surface area contributed by atoms with Gasteiger partial charge in [-0.2, -0.15) is 0 Å². The van der Waals surface area contributed by atoms with Crippen molar-refractivity contribution in [2.45, 2.75) is 6.42 Å². The first-order valence-electron chi connectivity index (χ1n) is 9.16. The van der Waals surface area contributed by atoms with Crippen LogP contribution in [0.15, 0.2) is 71.3 Å². The molecular weight excluding hydrogens is 354 g/mol. The van der Waals surface area contributed by atoms with Crippen LogP contribution in [-0.4, -0.2) is 26.2 Å². The van der Waals surface area contributed by atoms with Crippen LogP contribution in [0, 0.1) is 0 Å². The Labute approximate surface area is 162 Å². The average Bonchev–Trinajstić information content (AvgIpc) is 3.15. The van der Waals surface area contributed by atoms with E-state index in [1.807, 2.05) is 48.5 Å². The summed E-state index contributed by atoms with van der Waals surface area (Å²) in [6.07, 6.45) is 1.94. The quantitative estimate of drug-likeness (QED) is 0.488. The summed E-state index contributed by atoms with van der Waals surface area (Å²) in [6.45, 7) is 0.828. The zero-order chi connectivity index (χ0) is 19.3. The minimum atomic E-state index is -0.0611. The number of rotatable bonds is 7. The van der Waals surface area contributed by atoms with E-state index in [1.165, 1.54) is 0 Å². The number of nitrogens with one attached hydrogen (secondary N) is 1. The van der Waals surface area contributed by atoms with Crippen molar-refractivity contribution >= 4 is 27.6 Å². The Morgan fingerprint density at radius 1 is 1.00 bits per heavy atom. The van der Waals surface area contributed by atoms with Crippen LogP contribution in [-0.2, 0) is 11.2 Å². The molecule has 3 aromatic carbocycles. The summed E-state index contributed by atoms with van der Waals surface area (Å²) < 4.78 is 16.4. The van der Waals surface area contributed by atoms with Crippen molar-refractivity contribution in [3.63, 3.8) is 0 Å². The van der Waals surface area contributed by atoms with Gasteiger partial charge in [-0.1, -0.05) is 30.3 Å². The van der Waals surface area contributed by atoms with Crippen LogP contribution < -0.4 is 14.8 Å². The highest BCUT2D eigenvalue weighted by Gasteiger charge is 2.13. The number of carbonyl (C=O) groups excluding carboxylic acids is 1. The first-order chi connectivity index (χ1) is 13.7. The molecule has 4 aromatic rings. The predicted octanol–water partition coefficient (Wildman–Crippen LogP) is 4.33. The van der Waals surface area contributed by atoms with Gasteiger partial charge in [0.2, 0.25) is 5.91 Å². The topological polar surface area (TPSA) is 60.7 Å². The van der Waals surface area contributed by atoms with Crippen molar-refractivity contribution in [2.75, 3.05) is 20.3 Å². The van der Waals surface area contributed by atoms with Crippen LogP contribution in [0.3, 0.4) is 0 Å². The molecule has 1 heterocycles. The molecule has 1 aromatic heterocycles.